The molecule has 0 unspecified atom stereocenters. The number of halogens is 3. The maximum absolute atomic E-state index is 12.9. The Morgan fingerprint density at radius 1 is 1.15 bits per heavy atom. The average molecular weight is 384 g/mol. The molecule has 1 aliphatic heterocycles. The molecule has 3 rings (SSSR count). The number of aryl methyl sites for hydroxylation is 1. The van der Waals surface area contributed by atoms with Gasteiger partial charge in [0, 0.05) is 57.1 Å². The largest absolute Gasteiger partial charge is 0.416 e. The van der Waals surface area contributed by atoms with E-state index in [4.69, 9.17) is 0 Å². The van der Waals surface area contributed by atoms with Crippen molar-refractivity contribution in [1.82, 2.24) is 14.5 Å². The smallest absolute Gasteiger partial charge is 0.369 e. The van der Waals surface area contributed by atoms with Crippen LogP contribution in [0.15, 0.2) is 41.8 Å². The second-order valence-electron chi connectivity index (χ2n) is 6.40. The Balaban J connectivity index is 1.42. The number of hydrogen-bond acceptors (Lipinski definition) is 4. The number of rotatable bonds is 6. The molecular weight excluding hydrogens is 361 g/mol. The van der Waals surface area contributed by atoms with Gasteiger partial charge in [0.15, 0.2) is 5.16 Å². The van der Waals surface area contributed by atoms with Crippen LogP contribution >= 0.6 is 11.8 Å². The van der Waals surface area contributed by atoms with Crippen LogP contribution < -0.4 is 4.90 Å². The lowest BCUT2D eigenvalue weighted by Gasteiger charge is -2.36. The highest BCUT2D eigenvalue weighted by atomic mass is 32.2. The van der Waals surface area contributed by atoms with E-state index in [9.17, 15) is 13.2 Å². The van der Waals surface area contributed by atoms with Gasteiger partial charge in [0.25, 0.3) is 0 Å². The van der Waals surface area contributed by atoms with Crippen molar-refractivity contribution in [2.24, 2.45) is 7.05 Å². The van der Waals surface area contributed by atoms with Crippen LogP contribution in [0.25, 0.3) is 0 Å². The predicted octanol–water partition coefficient (Wildman–Crippen LogP) is 3.74. The van der Waals surface area contributed by atoms with Crippen molar-refractivity contribution in [3.05, 3.63) is 42.2 Å². The number of alkyl halides is 3. The third-order valence-electron chi connectivity index (χ3n) is 4.54. The molecule has 2 heterocycles. The Morgan fingerprint density at radius 2 is 1.92 bits per heavy atom. The predicted molar refractivity (Wildman–Crippen MR) is 98.6 cm³/mol. The molecule has 0 spiro atoms. The van der Waals surface area contributed by atoms with Gasteiger partial charge in [0.05, 0.1) is 5.56 Å². The number of anilines is 1. The highest BCUT2D eigenvalue weighted by Gasteiger charge is 2.31. The van der Waals surface area contributed by atoms with Crippen molar-refractivity contribution in [3.8, 4) is 0 Å². The minimum atomic E-state index is -4.29. The first-order valence-corrected chi connectivity index (χ1v) is 9.67. The van der Waals surface area contributed by atoms with Crippen molar-refractivity contribution in [3.63, 3.8) is 0 Å². The van der Waals surface area contributed by atoms with Gasteiger partial charge in [-0.1, -0.05) is 17.8 Å². The first kappa shape index (κ1) is 19.1. The second-order valence-corrected chi connectivity index (χ2v) is 7.46. The third-order valence-corrected chi connectivity index (χ3v) is 5.68. The molecule has 0 N–H and O–H groups in total. The van der Waals surface area contributed by atoms with Crippen LogP contribution in [0.4, 0.5) is 18.9 Å². The summed E-state index contributed by atoms with van der Waals surface area (Å²) in [6.07, 6.45) is 0.522. The van der Waals surface area contributed by atoms with Crippen LogP contribution in [0.1, 0.15) is 12.0 Å². The maximum Gasteiger partial charge on any atom is 0.416 e. The summed E-state index contributed by atoms with van der Waals surface area (Å²) in [7, 11) is 1.99. The summed E-state index contributed by atoms with van der Waals surface area (Å²) in [5, 5.41) is 1.03. The Hall–Kier alpha value is -1.67. The van der Waals surface area contributed by atoms with Crippen LogP contribution in [-0.4, -0.2) is 52.9 Å². The number of benzene rings is 1. The summed E-state index contributed by atoms with van der Waals surface area (Å²) < 4.78 is 40.6. The minimum absolute atomic E-state index is 0.580. The summed E-state index contributed by atoms with van der Waals surface area (Å²) in [6.45, 7) is 4.28. The molecule has 8 heteroatoms. The zero-order valence-electron chi connectivity index (χ0n) is 14.7. The van der Waals surface area contributed by atoms with Crippen molar-refractivity contribution in [1.29, 1.82) is 0 Å². The molecular formula is C18H23F3N4S. The highest BCUT2D eigenvalue weighted by Crippen LogP contribution is 2.31. The molecule has 1 aromatic carbocycles. The third kappa shape index (κ3) is 4.94. The van der Waals surface area contributed by atoms with Gasteiger partial charge in [-0.3, -0.25) is 4.90 Å². The van der Waals surface area contributed by atoms with E-state index < -0.39 is 11.7 Å². The van der Waals surface area contributed by atoms with Crippen LogP contribution in [0.3, 0.4) is 0 Å². The minimum Gasteiger partial charge on any atom is -0.369 e. The lowest BCUT2D eigenvalue weighted by atomic mass is 10.1. The van der Waals surface area contributed by atoms with Crippen LogP contribution in [0, 0.1) is 0 Å². The van der Waals surface area contributed by atoms with Gasteiger partial charge >= 0.3 is 6.18 Å². The van der Waals surface area contributed by atoms with Crippen molar-refractivity contribution in [2.75, 3.05) is 43.4 Å². The molecule has 0 amide bonds. The first-order valence-electron chi connectivity index (χ1n) is 8.68. The summed E-state index contributed by atoms with van der Waals surface area (Å²) >= 11 is 1.75. The van der Waals surface area contributed by atoms with E-state index in [0.717, 1.165) is 56.1 Å². The SMILES string of the molecule is Cn1ccnc1SCCCN1CCN(c2cccc(C(F)(F)F)c2)CC1. The number of imidazole rings is 1. The molecule has 0 radical (unpaired) electrons. The lowest BCUT2D eigenvalue weighted by Crippen LogP contribution is -2.46. The van der Waals surface area contributed by atoms with Gasteiger partial charge in [-0.05, 0) is 31.2 Å². The zero-order chi connectivity index (χ0) is 18.6. The van der Waals surface area contributed by atoms with Crippen LogP contribution in [-0.2, 0) is 13.2 Å². The van der Waals surface area contributed by atoms with E-state index in [1.807, 2.05) is 22.7 Å². The second kappa shape index (κ2) is 8.35. The van der Waals surface area contributed by atoms with Crippen molar-refractivity contribution >= 4 is 17.4 Å². The average Bonchev–Trinajstić information content (AvgIpc) is 3.04. The van der Waals surface area contributed by atoms with Gasteiger partial charge in [0.2, 0.25) is 0 Å². The quantitative estimate of drug-likeness (QED) is 0.559. The van der Waals surface area contributed by atoms with Gasteiger partial charge in [-0.25, -0.2) is 4.98 Å². The van der Waals surface area contributed by atoms with E-state index in [0.29, 0.717) is 5.69 Å². The standard InChI is InChI=1S/C18H23F3N4S/c1-23-8-6-22-17(23)26-13-3-7-24-9-11-25(12-10-24)16-5-2-4-15(14-16)18(19,20)21/h2,4-6,8,14H,3,7,9-13H2,1H3. The van der Waals surface area contributed by atoms with E-state index in [1.165, 1.54) is 12.1 Å². The number of hydrogen-bond donors (Lipinski definition) is 0. The fourth-order valence-electron chi connectivity index (χ4n) is 3.05. The molecule has 26 heavy (non-hydrogen) atoms. The summed E-state index contributed by atoms with van der Waals surface area (Å²) in [6, 6.07) is 5.62. The molecule has 142 valence electrons. The summed E-state index contributed by atoms with van der Waals surface area (Å²) in [5.74, 6) is 1.01. The molecule has 0 saturated carbocycles. The Kier molecular flexibility index (Phi) is 6.13. The monoisotopic (exact) mass is 384 g/mol. The Labute approximate surface area is 156 Å². The number of piperazine rings is 1. The van der Waals surface area contributed by atoms with Gasteiger partial charge < -0.3 is 9.47 Å². The fraction of sp³-hybridized carbons (Fsp3) is 0.500. The molecule has 4 nitrogen and oxygen atoms in total. The van der Waals surface area contributed by atoms with Gasteiger partial charge in [-0.2, -0.15) is 13.2 Å². The van der Waals surface area contributed by atoms with Crippen molar-refractivity contribution < 1.29 is 13.2 Å². The topological polar surface area (TPSA) is 24.3 Å². The van der Waals surface area contributed by atoms with E-state index in [-0.39, 0.29) is 0 Å². The van der Waals surface area contributed by atoms with Crippen LogP contribution in [0.2, 0.25) is 0 Å². The molecule has 1 aliphatic rings. The Morgan fingerprint density at radius 3 is 2.58 bits per heavy atom. The van der Waals surface area contributed by atoms with E-state index >= 15 is 0 Å². The molecule has 0 bridgehead atoms. The molecule has 1 fully saturated rings. The van der Waals surface area contributed by atoms with Crippen molar-refractivity contribution in [2.45, 2.75) is 17.8 Å². The molecule has 1 saturated heterocycles. The first-order chi connectivity index (χ1) is 12.4. The number of aromatic nitrogens is 2. The number of thioether (sulfide) groups is 1. The maximum atomic E-state index is 12.9. The van der Waals surface area contributed by atoms with Gasteiger partial charge in [-0.15, -0.1) is 0 Å². The lowest BCUT2D eigenvalue weighted by molar-refractivity contribution is -0.137. The normalized spacial score (nSPS) is 16.2. The zero-order valence-corrected chi connectivity index (χ0v) is 15.6. The van der Waals surface area contributed by atoms with Crippen LogP contribution in [0.5, 0.6) is 0 Å². The fourth-order valence-corrected chi connectivity index (χ4v) is 3.91. The van der Waals surface area contributed by atoms with E-state index in [1.54, 1.807) is 24.0 Å². The Bertz CT molecular complexity index is 708. The van der Waals surface area contributed by atoms with Gasteiger partial charge in [0.1, 0.15) is 0 Å². The summed E-state index contributed by atoms with van der Waals surface area (Å²) in [5.41, 5.74) is 0.0774. The summed E-state index contributed by atoms with van der Waals surface area (Å²) in [4.78, 5) is 8.71. The molecule has 1 aromatic heterocycles. The van der Waals surface area contributed by atoms with E-state index in [2.05, 4.69) is 9.88 Å². The highest BCUT2D eigenvalue weighted by molar-refractivity contribution is 7.99. The molecule has 0 aliphatic carbocycles. The number of nitrogens with zero attached hydrogens (tertiary/aromatic N) is 4. The molecule has 0 atom stereocenters. The molecule has 2 aromatic rings.